The van der Waals surface area contributed by atoms with Crippen molar-refractivity contribution >= 4 is 55.8 Å². The fourth-order valence-electron chi connectivity index (χ4n) is 2.76. The molecule has 4 rings (SSSR count). The van der Waals surface area contributed by atoms with Crippen LogP contribution >= 0.6 is 22.9 Å². The number of hydrogen-bond acceptors (Lipinski definition) is 4. The van der Waals surface area contributed by atoms with E-state index in [1.807, 2.05) is 26.0 Å². The maximum absolute atomic E-state index is 12.6. The fraction of sp³-hybridized carbons (Fsp3) is 0.250. The van der Waals surface area contributed by atoms with Gasteiger partial charge in [-0.3, -0.25) is 9.59 Å². The first-order chi connectivity index (χ1) is 12.9. The van der Waals surface area contributed by atoms with Gasteiger partial charge in [-0.05, 0) is 49.6 Å². The molecule has 138 valence electrons. The molecular formula is C20H18ClN3O2S. The molecule has 1 fully saturated rings. The first-order valence-corrected chi connectivity index (χ1v) is 9.84. The number of aryl methyl sites for hydroxylation is 1. The second-order valence-electron chi connectivity index (χ2n) is 7.10. The van der Waals surface area contributed by atoms with Crippen LogP contribution in [-0.2, 0) is 4.79 Å². The molecule has 1 aliphatic rings. The molecule has 2 N–H and O–H groups in total. The molecule has 0 atom stereocenters. The summed E-state index contributed by atoms with van der Waals surface area (Å²) in [5.41, 5.74) is 2.52. The fourth-order valence-corrected chi connectivity index (χ4v) is 3.93. The molecule has 5 nitrogen and oxygen atoms in total. The molecule has 0 radical (unpaired) electrons. The molecule has 0 spiro atoms. The van der Waals surface area contributed by atoms with E-state index >= 15 is 0 Å². The Labute approximate surface area is 165 Å². The van der Waals surface area contributed by atoms with Crippen molar-refractivity contribution in [3.05, 3.63) is 52.5 Å². The van der Waals surface area contributed by atoms with E-state index in [0.717, 1.165) is 28.6 Å². The third kappa shape index (κ3) is 3.55. The van der Waals surface area contributed by atoms with Crippen LogP contribution in [0.3, 0.4) is 0 Å². The number of amides is 2. The highest BCUT2D eigenvalue weighted by Gasteiger charge is 2.45. The summed E-state index contributed by atoms with van der Waals surface area (Å²) in [6, 6.07) is 10.8. The Morgan fingerprint density at radius 1 is 1.19 bits per heavy atom. The molecule has 2 aromatic carbocycles. The van der Waals surface area contributed by atoms with Crippen LogP contribution in [0.15, 0.2) is 36.4 Å². The predicted molar refractivity (Wildman–Crippen MR) is 110 cm³/mol. The van der Waals surface area contributed by atoms with Gasteiger partial charge in [-0.2, -0.15) is 0 Å². The number of hydrogen-bond donors (Lipinski definition) is 2. The number of benzene rings is 2. The number of nitrogens with zero attached hydrogens (tertiary/aromatic N) is 1. The zero-order valence-electron chi connectivity index (χ0n) is 14.9. The number of anilines is 2. The van der Waals surface area contributed by atoms with E-state index in [9.17, 15) is 9.59 Å². The maximum atomic E-state index is 12.6. The standard InChI is InChI=1S/C20H18ClN3O2S/c1-11-4-3-5-13(21)16(11)23-17(25)12-6-7-14-15(10-12)27-19(22-14)24-18(26)20(2)8-9-20/h3-7,10H,8-9H2,1-2H3,(H,23,25)(H,22,24,26). The van der Waals surface area contributed by atoms with Gasteiger partial charge in [0.15, 0.2) is 5.13 Å². The van der Waals surface area contributed by atoms with Crippen LogP contribution in [0.4, 0.5) is 10.8 Å². The van der Waals surface area contributed by atoms with Gasteiger partial charge in [-0.1, -0.05) is 42.0 Å². The number of para-hydroxylation sites is 1. The molecule has 2 amide bonds. The highest BCUT2D eigenvalue weighted by molar-refractivity contribution is 7.22. The Bertz CT molecular complexity index is 1050. The highest BCUT2D eigenvalue weighted by atomic mass is 35.5. The van der Waals surface area contributed by atoms with E-state index in [0.29, 0.717) is 21.4 Å². The topological polar surface area (TPSA) is 71.1 Å². The van der Waals surface area contributed by atoms with Crippen LogP contribution in [0, 0.1) is 12.3 Å². The van der Waals surface area contributed by atoms with Gasteiger partial charge in [-0.15, -0.1) is 0 Å². The minimum atomic E-state index is -0.254. The summed E-state index contributed by atoms with van der Waals surface area (Å²) in [4.78, 5) is 29.3. The third-order valence-corrected chi connectivity index (χ3v) is 6.13. The van der Waals surface area contributed by atoms with Crippen molar-refractivity contribution < 1.29 is 9.59 Å². The van der Waals surface area contributed by atoms with Crippen LogP contribution in [0.1, 0.15) is 35.7 Å². The molecule has 1 saturated carbocycles. The van der Waals surface area contributed by atoms with E-state index in [1.165, 1.54) is 11.3 Å². The van der Waals surface area contributed by atoms with Crippen molar-refractivity contribution in [2.75, 3.05) is 10.6 Å². The number of fused-ring (bicyclic) bond motifs is 1. The Balaban J connectivity index is 1.56. The smallest absolute Gasteiger partial charge is 0.255 e. The zero-order valence-corrected chi connectivity index (χ0v) is 16.5. The van der Waals surface area contributed by atoms with Gasteiger partial charge in [-0.25, -0.2) is 4.98 Å². The molecule has 7 heteroatoms. The summed E-state index contributed by atoms with van der Waals surface area (Å²) in [7, 11) is 0. The van der Waals surface area contributed by atoms with Crippen LogP contribution in [0.25, 0.3) is 10.2 Å². The van der Waals surface area contributed by atoms with Gasteiger partial charge in [0.2, 0.25) is 5.91 Å². The molecule has 27 heavy (non-hydrogen) atoms. The van der Waals surface area contributed by atoms with Crippen molar-refractivity contribution in [3.63, 3.8) is 0 Å². The number of carbonyl (C=O) groups excluding carboxylic acids is 2. The van der Waals surface area contributed by atoms with Crippen molar-refractivity contribution in [2.45, 2.75) is 26.7 Å². The number of nitrogens with one attached hydrogen (secondary N) is 2. The molecule has 1 aliphatic carbocycles. The van der Waals surface area contributed by atoms with Gasteiger partial charge in [0.05, 0.1) is 20.9 Å². The lowest BCUT2D eigenvalue weighted by Gasteiger charge is -2.10. The zero-order chi connectivity index (χ0) is 19.2. The van der Waals surface area contributed by atoms with Crippen molar-refractivity contribution in [1.29, 1.82) is 0 Å². The first kappa shape index (κ1) is 17.9. The van der Waals surface area contributed by atoms with Gasteiger partial charge in [0, 0.05) is 11.0 Å². The van der Waals surface area contributed by atoms with Gasteiger partial charge in [0.1, 0.15) is 0 Å². The number of halogens is 1. The first-order valence-electron chi connectivity index (χ1n) is 8.64. The van der Waals surface area contributed by atoms with E-state index in [4.69, 9.17) is 11.6 Å². The molecule has 0 unspecified atom stereocenters. The lowest BCUT2D eigenvalue weighted by Crippen LogP contribution is -2.21. The highest BCUT2D eigenvalue weighted by Crippen LogP contribution is 2.46. The number of rotatable bonds is 4. The normalized spacial score (nSPS) is 14.8. The summed E-state index contributed by atoms with van der Waals surface area (Å²) in [6.07, 6.45) is 1.82. The Morgan fingerprint density at radius 2 is 1.96 bits per heavy atom. The minimum absolute atomic E-state index is 0.00807. The van der Waals surface area contributed by atoms with E-state index in [-0.39, 0.29) is 17.2 Å². The molecule has 1 heterocycles. The van der Waals surface area contributed by atoms with Gasteiger partial charge >= 0.3 is 0 Å². The lowest BCUT2D eigenvalue weighted by molar-refractivity contribution is -0.120. The summed E-state index contributed by atoms with van der Waals surface area (Å²) < 4.78 is 0.842. The minimum Gasteiger partial charge on any atom is -0.320 e. The second-order valence-corrected chi connectivity index (χ2v) is 8.54. The molecular weight excluding hydrogens is 382 g/mol. The SMILES string of the molecule is Cc1cccc(Cl)c1NC(=O)c1ccc2nc(NC(=O)C3(C)CC3)sc2c1. The van der Waals surface area contributed by atoms with Gasteiger partial charge < -0.3 is 10.6 Å². The summed E-state index contributed by atoms with van der Waals surface area (Å²) in [6.45, 7) is 3.85. The Kier molecular flexibility index (Phi) is 4.40. The molecule has 0 aliphatic heterocycles. The monoisotopic (exact) mass is 399 g/mol. The largest absolute Gasteiger partial charge is 0.320 e. The average Bonchev–Trinajstić information content (AvgIpc) is 3.26. The third-order valence-electron chi connectivity index (χ3n) is 4.88. The summed E-state index contributed by atoms with van der Waals surface area (Å²) in [5, 5.41) is 6.82. The average molecular weight is 400 g/mol. The Morgan fingerprint density at radius 3 is 2.67 bits per heavy atom. The number of carbonyl (C=O) groups is 2. The van der Waals surface area contributed by atoms with Crippen LogP contribution in [0.2, 0.25) is 5.02 Å². The van der Waals surface area contributed by atoms with Crippen LogP contribution in [-0.4, -0.2) is 16.8 Å². The van der Waals surface area contributed by atoms with E-state index in [2.05, 4.69) is 15.6 Å². The molecule has 1 aromatic heterocycles. The molecule has 0 bridgehead atoms. The molecule has 3 aromatic rings. The van der Waals surface area contributed by atoms with Crippen molar-refractivity contribution in [2.24, 2.45) is 5.41 Å². The predicted octanol–water partition coefficient (Wildman–Crippen LogP) is 5.25. The second kappa shape index (κ2) is 6.62. The lowest BCUT2D eigenvalue weighted by atomic mass is 10.1. The quantitative estimate of drug-likeness (QED) is 0.629. The summed E-state index contributed by atoms with van der Waals surface area (Å²) in [5.74, 6) is -0.230. The van der Waals surface area contributed by atoms with E-state index < -0.39 is 0 Å². The van der Waals surface area contributed by atoms with Gasteiger partial charge in [0.25, 0.3) is 5.91 Å². The number of aromatic nitrogens is 1. The van der Waals surface area contributed by atoms with Crippen LogP contribution < -0.4 is 10.6 Å². The van der Waals surface area contributed by atoms with Crippen molar-refractivity contribution in [3.8, 4) is 0 Å². The maximum Gasteiger partial charge on any atom is 0.255 e. The van der Waals surface area contributed by atoms with Crippen LogP contribution in [0.5, 0.6) is 0 Å². The summed E-state index contributed by atoms with van der Waals surface area (Å²) >= 11 is 7.55. The number of thiazole rings is 1. The van der Waals surface area contributed by atoms with Crippen molar-refractivity contribution in [1.82, 2.24) is 4.98 Å². The Hall–Kier alpha value is -2.44. The molecule has 0 saturated heterocycles. The van der Waals surface area contributed by atoms with E-state index in [1.54, 1.807) is 24.3 Å².